The Morgan fingerprint density at radius 3 is 2.15 bits per heavy atom. The van der Waals surface area contributed by atoms with Gasteiger partial charge in [-0.25, -0.2) is 0 Å². The van der Waals surface area contributed by atoms with E-state index in [-0.39, 0.29) is 5.91 Å². The number of nitrogens with one attached hydrogen (secondary N) is 1. The van der Waals surface area contributed by atoms with Crippen molar-refractivity contribution in [3.05, 3.63) is 36.9 Å². The van der Waals surface area contributed by atoms with Crippen molar-refractivity contribution in [2.75, 3.05) is 11.9 Å². The Balaban J connectivity index is 2.06. The van der Waals surface area contributed by atoms with E-state index in [2.05, 4.69) is 18.8 Å². The summed E-state index contributed by atoms with van der Waals surface area (Å²) in [7, 11) is 0. The first-order chi connectivity index (χ1) is 12.8. The van der Waals surface area contributed by atoms with Crippen molar-refractivity contribution >= 4 is 11.6 Å². The van der Waals surface area contributed by atoms with Gasteiger partial charge in [0.25, 0.3) is 0 Å². The molecule has 0 aliphatic rings. The monoisotopic (exact) mass is 359 g/mol. The van der Waals surface area contributed by atoms with Crippen LogP contribution in [-0.2, 0) is 4.79 Å². The topological polar surface area (TPSA) is 38.3 Å². The summed E-state index contributed by atoms with van der Waals surface area (Å²) >= 11 is 0. The van der Waals surface area contributed by atoms with Gasteiger partial charge in [-0.1, -0.05) is 95.9 Å². The maximum atomic E-state index is 12.1. The number of ether oxygens (including phenoxy) is 1. The summed E-state index contributed by atoms with van der Waals surface area (Å²) < 4.78 is 5.57. The van der Waals surface area contributed by atoms with Crippen molar-refractivity contribution in [3.63, 3.8) is 0 Å². The number of carbonyl (C=O) groups is 1. The van der Waals surface area contributed by atoms with Crippen molar-refractivity contribution in [1.82, 2.24) is 0 Å². The van der Waals surface area contributed by atoms with Crippen molar-refractivity contribution in [2.24, 2.45) is 0 Å². The highest BCUT2D eigenvalue weighted by Gasteiger charge is 2.07. The van der Waals surface area contributed by atoms with Crippen LogP contribution in [0.25, 0.3) is 0 Å². The van der Waals surface area contributed by atoms with E-state index in [9.17, 15) is 4.79 Å². The van der Waals surface area contributed by atoms with Crippen LogP contribution in [-0.4, -0.2) is 12.5 Å². The summed E-state index contributed by atoms with van der Waals surface area (Å²) in [6, 6.07) is 7.54. The Hall–Kier alpha value is -1.77. The second kappa shape index (κ2) is 15.5. The molecule has 1 N–H and O–H groups in total. The number of anilines is 1. The third-order valence-corrected chi connectivity index (χ3v) is 4.53. The molecule has 26 heavy (non-hydrogen) atoms. The predicted molar refractivity (Wildman–Crippen MR) is 112 cm³/mol. The van der Waals surface area contributed by atoms with Crippen LogP contribution in [0, 0.1) is 0 Å². The van der Waals surface area contributed by atoms with Crippen LogP contribution in [0.15, 0.2) is 36.9 Å². The van der Waals surface area contributed by atoms with Crippen LogP contribution in [0.1, 0.15) is 84.0 Å². The lowest BCUT2D eigenvalue weighted by Crippen LogP contribution is -2.12. The Bertz CT molecular complexity index is 499. The van der Waals surface area contributed by atoms with Gasteiger partial charge in [0.1, 0.15) is 12.4 Å². The molecule has 0 radical (unpaired) electrons. The highest BCUT2D eigenvalue weighted by Crippen LogP contribution is 2.24. The second-order valence-corrected chi connectivity index (χ2v) is 6.93. The molecule has 0 unspecified atom stereocenters. The summed E-state index contributed by atoms with van der Waals surface area (Å²) in [5.41, 5.74) is 0.738. The molecule has 1 rings (SSSR count). The fraction of sp³-hybridized carbons (Fsp3) is 0.609. The number of benzene rings is 1. The molecule has 3 heteroatoms. The highest BCUT2D eigenvalue weighted by atomic mass is 16.5. The highest BCUT2D eigenvalue weighted by molar-refractivity contribution is 5.92. The maximum Gasteiger partial charge on any atom is 0.224 e. The number of hydrogen-bond donors (Lipinski definition) is 1. The summed E-state index contributed by atoms with van der Waals surface area (Å²) in [6.07, 6.45) is 16.5. The molecule has 0 fully saturated rings. The van der Waals surface area contributed by atoms with Crippen LogP contribution >= 0.6 is 0 Å². The largest absolute Gasteiger partial charge is 0.487 e. The van der Waals surface area contributed by atoms with Gasteiger partial charge in [-0.3, -0.25) is 4.79 Å². The first kappa shape index (κ1) is 22.3. The summed E-state index contributed by atoms with van der Waals surface area (Å²) in [5, 5.41) is 2.96. The minimum atomic E-state index is 0.0653. The average molecular weight is 360 g/mol. The van der Waals surface area contributed by atoms with Gasteiger partial charge >= 0.3 is 0 Å². The number of rotatable bonds is 16. The molecule has 3 nitrogen and oxygen atoms in total. The summed E-state index contributed by atoms with van der Waals surface area (Å²) in [4.78, 5) is 12.1. The fourth-order valence-corrected chi connectivity index (χ4v) is 3.01. The van der Waals surface area contributed by atoms with E-state index in [1.165, 1.54) is 57.8 Å². The zero-order valence-corrected chi connectivity index (χ0v) is 16.6. The first-order valence-corrected chi connectivity index (χ1v) is 10.4. The third-order valence-electron chi connectivity index (χ3n) is 4.53. The van der Waals surface area contributed by atoms with E-state index in [0.29, 0.717) is 18.8 Å². The van der Waals surface area contributed by atoms with E-state index < -0.39 is 0 Å². The number of carbonyl (C=O) groups excluding carboxylic acids is 1. The lowest BCUT2D eigenvalue weighted by molar-refractivity contribution is -0.116. The van der Waals surface area contributed by atoms with Crippen molar-refractivity contribution in [3.8, 4) is 5.75 Å². The number of para-hydroxylation sites is 2. The molecule has 0 aromatic heterocycles. The standard InChI is InChI=1S/C23H37NO2/c1-3-5-6-7-8-9-10-11-12-13-14-19-23(25)24-21-17-15-16-18-22(21)26-20-4-2/h4,15-18H,2-3,5-14,19-20H2,1H3,(H,24,25). The smallest absolute Gasteiger partial charge is 0.224 e. The fourth-order valence-electron chi connectivity index (χ4n) is 3.01. The molecule has 0 saturated carbocycles. The van der Waals surface area contributed by atoms with Gasteiger partial charge in [-0.2, -0.15) is 0 Å². The predicted octanol–water partition coefficient (Wildman–Crippen LogP) is 6.89. The van der Waals surface area contributed by atoms with E-state index in [1.807, 2.05) is 24.3 Å². The Kier molecular flexibility index (Phi) is 13.3. The molecule has 0 saturated heterocycles. The normalized spacial score (nSPS) is 10.5. The zero-order chi connectivity index (χ0) is 18.9. The van der Waals surface area contributed by atoms with Gasteiger partial charge < -0.3 is 10.1 Å². The Morgan fingerprint density at radius 1 is 0.962 bits per heavy atom. The van der Waals surface area contributed by atoms with Gasteiger partial charge in [0.05, 0.1) is 5.69 Å². The molecule has 0 bridgehead atoms. The minimum absolute atomic E-state index is 0.0653. The maximum absolute atomic E-state index is 12.1. The quantitative estimate of drug-likeness (QED) is 0.258. The van der Waals surface area contributed by atoms with Crippen molar-refractivity contribution < 1.29 is 9.53 Å². The Labute approximate surface area is 160 Å². The van der Waals surface area contributed by atoms with Crippen LogP contribution in [0.4, 0.5) is 5.69 Å². The van der Waals surface area contributed by atoms with Gasteiger partial charge in [-0.15, -0.1) is 0 Å². The van der Waals surface area contributed by atoms with Crippen LogP contribution in [0.5, 0.6) is 5.75 Å². The van der Waals surface area contributed by atoms with Crippen LogP contribution < -0.4 is 10.1 Å². The summed E-state index contributed by atoms with van der Waals surface area (Å²) in [5.74, 6) is 0.760. The molecular formula is C23H37NO2. The lowest BCUT2D eigenvalue weighted by atomic mass is 10.1. The molecule has 1 aromatic rings. The van der Waals surface area contributed by atoms with Gasteiger partial charge in [0.2, 0.25) is 5.91 Å². The molecule has 0 aliphatic carbocycles. The van der Waals surface area contributed by atoms with E-state index in [4.69, 9.17) is 4.74 Å². The van der Waals surface area contributed by atoms with Crippen LogP contribution in [0.2, 0.25) is 0 Å². The van der Waals surface area contributed by atoms with Crippen molar-refractivity contribution in [1.29, 1.82) is 0 Å². The number of hydrogen-bond acceptors (Lipinski definition) is 2. The SMILES string of the molecule is C=CCOc1ccccc1NC(=O)CCCCCCCCCCCCC. The lowest BCUT2D eigenvalue weighted by Gasteiger charge is -2.11. The zero-order valence-electron chi connectivity index (χ0n) is 16.6. The third kappa shape index (κ3) is 11.0. The second-order valence-electron chi connectivity index (χ2n) is 6.93. The van der Waals surface area contributed by atoms with Crippen molar-refractivity contribution in [2.45, 2.75) is 84.0 Å². The number of amides is 1. The Morgan fingerprint density at radius 2 is 1.54 bits per heavy atom. The average Bonchev–Trinajstić information content (AvgIpc) is 2.65. The molecule has 0 aliphatic heterocycles. The molecule has 1 amide bonds. The van der Waals surface area contributed by atoms with E-state index in [1.54, 1.807) is 6.08 Å². The van der Waals surface area contributed by atoms with E-state index in [0.717, 1.165) is 18.5 Å². The number of unbranched alkanes of at least 4 members (excludes halogenated alkanes) is 10. The molecular weight excluding hydrogens is 322 g/mol. The molecule has 1 aromatic carbocycles. The first-order valence-electron chi connectivity index (χ1n) is 10.4. The molecule has 146 valence electrons. The van der Waals surface area contributed by atoms with Gasteiger partial charge in [-0.05, 0) is 18.6 Å². The molecule has 0 heterocycles. The molecule has 0 spiro atoms. The van der Waals surface area contributed by atoms with Gasteiger partial charge in [0, 0.05) is 6.42 Å². The van der Waals surface area contributed by atoms with Crippen LogP contribution in [0.3, 0.4) is 0 Å². The summed E-state index contributed by atoms with van der Waals surface area (Å²) in [6.45, 7) is 6.34. The van der Waals surface area contributed by atoms with E-state index >= 15 is 0 Å². The minimum Gasteiger partial charge on any atom is -0.487 e. The van der Waals surface area contributed by atoms with Gasteiger partial charge in [0.15, 0.2) is 0 Å². The molecule has 0 atom stereocenters.